The van der Waals surface area contributed by atoms with Crippen molar-refractivity contribution in [2.75, 3.05) is 13.2 Å². The number of nitrogens with two attached hydrogens (primary N) is 1. The first kappa shape index (κ1) is 12.2. The molecule has 0 bridgehead atoms. The molecule has 1 aliphatic carbocycles. The van der Waals surface area contributed by atoms with Gasteiger partial charge in [0, 0.05) is 18.1 Å². The number of hydrogen-bond acceptors (Lipinski definition) is 2. The van der Waals surface area contributed by atoms with E-state index >= 15 is 0 Å². The van der Waals surface area contributed by atoms with Gasteiger partial charge in [0.15, 0.2) is 0 Å². The molecule has 2 aliphatic rings. The second-order valence-electron chi connectivity index (χ2n) is 5.11. The monoisotopic (exact) mass is 237 g/mol. The normalized spacial score (nSPS) is 41.2. The van der Waals surface area contributed by atoms with E-state index in [1.54, 1.807) is 0 Å². The van der Waals surface area contributed by atoms with Crippen LogP contribution in [0.25, 0.3) is 0 Å². The largest absolute Gasteiger partial charge is 0.391 e. The van der Waals surface area contributed by atoms with Gasteiger partial charge in [-0.15, -0.1) is 0 Å². The van der Waals surface area contributed by atoms with Gasteiger partial charge in [0.25, 0.3) is 0 Å². The average Bonchev–Trinajstić information content (AvgIpc) is 2.70. The summed E-state index contributed by atoms with van der Waals surface area (Å²) in [5.41, 5.74) is 5.80. The van der Waals surface area contributed by atoms with Crippen molar-refractivity contribution < 1.29 is 17.9 Å². The fraction of sp³-hybridized carbons (Fsp3) is 1.00. The predicted molar refractivity (Wildman–Crippen MR) is 53.9 cm³/mol. The summed E-state index contributed by atoms with van der Waals surface area (Å²) in [6.45, 7) is 1.32. The summed E-state index contributed by atoms with van der Waals surface area (Å²) in [5.74, 6) is -0.895. The molecular formula is C11H18F3NO. The van der Waals surface area contributed by atoms with Crippen LogP contribution in [0.5, 0.6) is 0 Å². The van der Waals surface area contributed by atoms with Gasteiger partial charge < -0.3 is 10.5 Å². The highest BCUT2D eigenvalue weighted by molar-refractivity contribution is 4.97. The molecule has 0 radical (unpaired) electrons. The van der Waals surface area contributed by atoms with Crippen LogP contribution in [0.1, 0.15) is 32.1 Å². The fourth-order valence-corrected chi connectivity index (χ4v) is 2.88. The van der Waals surface area contributed by atoms with E-state index in [4.69, 9.17) is 10.5 Å². The maximum atomic E-state index is 12.5. The molecule has 1 saturated carbocycles. The molecule has 0 spiro atoms. The van der Waals surface area contributed by atoms with Gasteiger partial charge in [-0.25, -0.2) is 0 Å². The minimum atomic E-state index is -4.05. The lowest BCUT2D eigenvalue weighted by Crippen LogP contribution is -2.51. The van der Waals surface area contributed by atoms with Crippen LogP contribution < -0.4 is 5.73 Å². The van der Waals surface area contributed by atoms with Gasteiger partial charge in [-0.1, -0.05) is 0 Å². The topological polar surface area (TPSA) is 35.2 Å². The summed E-state index contributed by atoms with van der Waals surface area (Å²) in [4.78, 5) is 0. The SMILES string of the molecule is NC1(C2CCOC2)CCC(C(F)(F)F)CC1. The molecule has 2 nitrogen and oxygen atoms in total. The molecule has 0 aromatic rings. The van der Waals surface area contributed by atoms with E-state index in [1.807, 2.05) is 0 Å². The second kappa shape index (κ2) is 4.18. The van der Waals surface area contributed by atoms with Gasteiger partial charge in [-0.3, -0.25) is 0 Å². The van der Waals surface area contributed by atoms with Crippen molar-refractivity contribution in [1.29, 1.82) is 0 Å². The third kappa shape index (κ3) is 2.35. The zero-order valence-electron chi connectivity index (χ0n) is 9.22. The van der Waals surface area contributed by atoms with Crippen molar-refractivity contribution in [1.82, 2.24) is 0 Å². The zero-order chi connectivity index (χ0) is 11.8. The highest BCUT2D eigenvalue weighted by Crippen LogP contribution is 2.44. The summed E-state index contributed by atoms with van der Waals surface area (Å²) in [6, 6.07) is 0. The standard InChI is InChI=1S/C11H18F3NO/c12-11(13,14)8-1-4-10(15,5-2-8)9-3-6-16-7-9/h8-9H,1-7,15H2. The van der Waals surface area contributed by atoms with Gasteiger partial charge in [-0.05, 0) is 32.1 Å². The van der Waals surface area contributed by atoms with E-state index < -0.39 is 17.6 Å². The molecular weight excluding hydrogens is 219 g/mol. The Kier molecular flexibility index (Phi) is 3.18. The third-order valence-corrected chi connectivity index (χ3v) is 4.12. The van der Waals surface area contributed by atoms with Gasteiger partial charge >= 0.3 is 6.18 Å². The lowest BCUT2D eigenvalue weighted by Gasteiger charge is -2.41. The molecule has 1 heterocycles. The van der Waals surface area contributed by atoms with Crippen molar-refractivity contribution in [3.05, 3.63) is 0 Å². The van der Waals surface area contributed by atoms with Crippen LogP contribution in [0.2, 0.25) is 0 Å². The summed E-state index contributed by atoms with van der Waals surface area (Å²) >= 11 is 0. The fourth-order valence-electron chi connectivity index (χ4n) is 2.88. The molecule has 5 heteroatoms. The molecule has 2 N–H and O–H groups in total. The highest BCUT2D eigenvalue weighted by atomic mass is 19.4. The Morgan fingerprint density at radius 3 is 2.19 bits per heavy atom. The van der Waals surface area contributed by atoms with E-state index in [-0.39, 0.29) is 18.8 Å². The Bertz CT molecular complexity index is 240. The van der Waals surface area contributed by atoms with E-state index in [2.05, 4.69) is 0 Å². The van der Waals surface area contributed by atoms with Crippen LogP contribution in [0, 0.1) is 11.8 Å². The van der Waals surface area contributed by atoms with Crippen LogP contribution >= 0.6 is 0 Å². The summed E-state index contributed by atoms with van der Waals surface area (Å²) in [6.07, 6.45) is -1.84. The number of halogens is 3. The summed E-state index contributed by atoms with van der Waals surface area (Å²) < 4.78 is 42.8. The molecule has 94 valence electrons. The smallest absolute Gasteiger partial charge is 0.381 e. The van der Waals surface area contributed by atoms with Crippen LogP contribution in [-0.4, -0.2) is 24.9 Å². The van der Waals surface area contributed by atoms with E-state index in [0.29, 0.717) is 26.1 Å². The van der Waals surface area contributed by atoms with Crippen molar-refractivity contribution in [2.45, 2.75) is 43.8 Å². The quantitative estimate of drug-likeness (QED) is 0.760. The van der Waals surface area contributed by atoms with Crippen molar-refractivity contribution in [3.63, 3.8) is 0 Å². The Morgan fingerprint density at radius 1 is 1.12 bits per heavy atom. The molecule has 1 aliphatic heterocycles. The second-order valence-corrected chi connectivity index (χ2v) is 5.11. The van der Waals surface area contributed by atoms with E-state index in [9.17, 15) is 13.2 Å². The van der Waals surface area contributed by atoms with E-state index in [0.717, 1.165) is 6.42 Å². The minimum absolute atomic E-state index is 0.177. The number of hydrogen-bond donors (Lipinski definition) is 1. The van der Waals surface area contributed by atoms with Crippen molar-refractivity contribution in [3.8, 4) is 0 Å². The molecule has 16 heavy (non-hydrogen) atoms. The maximum absolute atomic E-state index is 12.5. The highest BCUT2D eigenvalue weighted by Gasteiger charge is 2.47. The van der Waals surface area contributed by atoms with Crippen molar-refractivity contribution >= 4 is 0 Å². The number of ether oxygens (including phenoxy) is 1. The Labute approximate surface area is 93.3 Å². The molecule has 0 aromatic carbocycles. The van der Waals surface area contributed by atoms with Gasteiger partial charge in [-0.2, -0.15) is 13.2 Å². The lowest BCUT2D eigenvalue weighted by atomic mass is 9.70. The van der Waals surface area contributed by atoms with Crippen LogP contribution in [0.15, 0.2) is 0 Å². The molecule has 1 unspecified atom stereocenters. The molecule has 0 aromatic heterocycles. The predicted octanol–water partition coefficient (Wildman–Crippen LogP) is 2.47. The number of rotatable bonds is 1. The maximum Gasteiger partial charge on any atom is 0.391 e. The molecule has 2 fully saturated rings. The molecule has 0 amide bonds. The van der Waals surface area contributed by atoms with Gasteiger partial charge in [0.05, 0.1) is 12.5 Å². The average molecular weight is 237 g/mol. The minimum Gasteiger partial charge on any atom is -0.381 e. The van der Waals surface area contributed by atoms with Crippen LogP contribution in [0.4, 0.5) is 13.2 Å². The van der Waals surface area contributed by atoms with E-state index in [1.165, 1.54) is 0 Å². The van der Waals surface area contributed by atoms with Gasteiger partial charge in [0.2, 0.25) is 0 Å². The molecule has 1 atom stereocenters. The van der Waals surface area contributed by atoms with Gasteiger partial charge in [0.1, 0.15) is 0 Å². The van der Waals surface area contributed by atoms with Crippen LogP contribution in [-0.2, 0) is 4.74 Å². The third-order valence-electron chi connectivity index (χ3n) is 4.12. The number of alkyl halides is 3. The first-order valence-electron chi connectivity index (χ1n) is 5.85. The first-order valence-corrected chi connectivity index (χ1v) is 5.85. The zero-order valence-corrected chi connectivity index (χ0v) is 9.22. The molecule has 2 rings (SSSR count). The Hall–Kier alpha value is -0.290. The summed E-state index contributed by atoms with van der Waals surface area (Å²) in [5, 5.41) is 0. The van der Waals surface area contributed by atoms with Crippen molar-refractivity contribution in [2.24, 2.45) is 17.6 Å². The summed E-state index contributed by atoms with van der Waals surface area (Å²) in [7, 11) is 0. The first-order chi connectivity index (χ1) is 7.42. The Balaban J connectivity index is 1.93. The Morgan fingerprint density at radius 2 is 1.75 bits per heavy atom. The molecule has 1 saturated heterocycles. The lowest BCUT2D eigenvalue weighted by molar-refractivity contribution is -0.185. The van der Waals surface area contributed by atoms with Crippen LogP contribution in [0.3, 0.4) is 0 Å².